The quantitative estimate of drug-likeness (QED) is 0.176. The zero-order valence-corrected chi connectivity index (χ0v) is 21.3. The number of carbonyl (C=O) groups is 2. The van der Waals surface area contributed by atoms with E-state index in [2.05, 4.69) is 21.6 Å². The summed E-state index contributed by atoms with van der Waals surface area (Å²) in [5.41, 5.74) is 8.64. The van der Waals surface area contributed by atoms with Crippen molar-refractivity contribution in [2.24, 2.45) is 0 Å². The second-order valence-electron chi connectivity index (χ2n) is 8.70. The highest BCUT2D eigenvalue weighted by molar-refractivity contribution is 5.92. The van der Waals surface area contributed by atoms with E-state index in [9.17, 15) is 19.7 Å². The van der Waals surface area contributed by atoms with Crippen molar-refractivity contribution in [3.05, 3.63) is 111 Å². The van der Waals surface area contributed by atoms with Crippen LogP contribution in [0.15, 0.2) is 67.3 Å². The van der Waals surface area contributed by atoms with E-state index in [0.717, 1.165) is 12.0 Å². The number of nitro groups is 1. The minimum atomic E-state index is -0.605. The van der Waals surface area contributed by atoms with Gasteiger partial charge in [0.05, 0.1) is 35.8 Å². The number of nitrogens with zero attached hydrogens (tertiary/aromatic N) is 3. The van der Waals surface area contributed by atoms with Gasteiger partial charge in [0.15, 0.2) is 0 Å². The number of ether oxygens (including phenoxy) is 2. The standard InChI is InChI=1S/C15H13NO2.C14H12N2O4/c1-9-7-16-8-12-6-11-5-10(15(17)18-2)3-4-13(11)14(9)12;1-9-8-15-6-5-11(9)12-4-3-10(14(17)20-2)7-13(12)16(18)19/h3-5,7-8H,6H2,1-2H3;3-8H,1-2H3. The molecule has 0 aliphatic heterocycles. The van der Waals surface area contributed by atoms with Crippen LogP contribution in [0.1, 0.15) is 43.0 Å². The molecule has 0 spiro atoms. The average Bonchev–Trinajstić information content (AvgIpc) is 3.31. The molecular formula is C29H25N3O6. The molecule has 2 heterocycles. The van der Waals surface area contributed by atoms with Gasteiger partial charge in [0.25, 0.3) is 5.69 Å². The first-order valence-electron chi connectivity index (χ1n) is 11.7. The molecular weight excluding hydrogens is 486 g/mol. The first kappa shape index (κ1) is 26.2. The maximum atomic E-state index is 11.5. The lowest BCUT2D eigenvalue weighted by Gasteiger charge is -2.07. The molecule has 0 radical (unpaired) electrons. The number of benzene rings is 2. The van der Waals surface area contributed by atoms with E-state index in [1.54, 1.807) is 24.5 Å². The minimum Gasteiger partial charge on any atom is -0.465 e. The largest absolute Gasteiger partial charge is 0.465 e. The molecule has 9 nitrogen and oxygen atoms in total. The van der Waals surface area contributed by atoms with Crippen LogP contribution in [0.2, 0.25) is 0 Å². The Hall–Kier alpha value is -4.92. The molecule has 4 aromatic rings. The number of hydrogen-bond donors (Lipinski definition) is 0. The molecule has 38 heavy (non-hydrogen) atoms. The second-order valence-corrected chi connectivity index (χ2v) is 8.70. The third-order valence-corrected chi connectivity index (χ3v) is 6.32. The molecule has 5 rings (SSSR count). The van der Waals surface area contributed by atoms with Gasteiger partial charge in [-0.1, -0.05) is 6.07 Å². The Bertz CT molecular complexity index is 1560. The predicted molar refractivity (Wildman–Crippen MR) is 141 cm³/mol. The molecule has 0 saturated heterocycles. The lowest BCUT2D eigenvalue weighted by molar-refractivity contribution is -0.384. The number of esters is 2. The first-order chi connectivity index (χ1) is 18.2. The van der Waals surface area contributed by atoms with Gasteiger partial charge in [0.2, 0.25) is 0 Å². The monoisotopic (exact) mass is 511 g/mol. The SMILES string of the molecule is COC(=O)c1ccc(-c2ccncc2C)c([N+](=O)[O-])c1.COC(=O)c1ccc2c(c1)Cc1cncc(C)c1-2. The van der Waals surface area contributed by atoms with Crippen molar-refractivity contribution < 1.29 is 24.0 Å². The summed E-state index contributed by atoms with van der Waals surface area (Å²) >= 11 is 0. The highest BCUT2D eigenvalue weighted by Gasteiger charge is 2.22. The van der Waals surface area contributed by atoms with Crippen molar-refractivity contribution in [2.75, 3.05) is 14.2 Å². The smallest absolute Gasteiger partial charge is 0.338 e. The fraction of sp³-hybridized carbons (Fsp3) is 0.172. The van der Waals surface area contributed by atoms with Gasteiger partial charge in [-0.25, -0.2) is 9.59 Å². The molecule has 0 saturated carbocycles. The molecule has 1 aliphatic carbocycles. The Labute approximate surface area is 219 Å². The van der Waals surface area contributed by atoms with Crippen LogP contribution in [0.5, 0.6) is 0 Å². The fourth-order valence-electron chi connectivity index (χ4n) is 4.51. The zero-order valence-electron chi connectivity index (χ0n) is 21.3. The number of aryl methyl sites for hydroxylation is 2. The van der Waals surface area contributed by atoms with Crippen LogP contribution in [-0.4, -0.2) is 41.0 Å². The average molecular weight is 512 g/mol. The van der Waals surface area contributed by atoms with E-state index in [4.69, 9.17) is 4.74 Å². The molecule has 0 fully saturated rings. The van der Waals surface area contributed by atoms with Crippen molar-refractivity contribution in [1.82, 2.24) is 9.97 Å². The molecule has 192 valence electrons. The summed E-state index contributed by atoms with van der Waals surface area (Å²) in [4.78, 5) is 41.8. The highest BCUT2D eigenvalue weighted by Crippen LogP contribution is 2.38. The van der Waals surface area contributed by atoms with E-state index in [1.807, 2.05) is 37.5 Å². The second kappa shape index (κ2) is 11.0. The van der Waals surface area contributed by atoms with E-state index in [1.165, 1.54) is 54.2 Å². The third-order valence-electron chi connectivity index (χ3n) is 6.32. The molecule has 0 N–H and O–H groups in total. The van der Waals surface area contributed by atoms with Crippen LogP contribution in [0.25, 0.3) is 22.3 Å². The van der Waals surface area contributed by atoms with Gasteiger partial charge in [-0.05, 0) is 83.1 Å². The molecule has 0 bridgehead atoms. The zero-order chi connectivity index (χ0) is 27.4. The van der Waals surface area contributed by atoms with Gasteiger partial charge in [-0.15, -0.1) is 0 Å². The summed E-state index contributed by atoms with van der Waals surface area (Å²) in [5, 5.41) is 11.2. The number of aromatic nitrogens is 2. The van der Waals surface area contributed by atoms with Crippen LogP contribution in [0, 0.1) is 24.0 Å². The summed E-state index contributed by atoms with van der Waals surface area (Å²) in [7, 11) is 2.63. The lowest BCUT2D eigenvalue weighted by atomic mass is 9.99. The normalized spacial score (nSPS) is 10.9. The van der Waals surface area contributed by atoms with Crippen molar-refractivity contribution >= 4 is 17.6 Å². The number of pyridine rings is 2. The molecule has 1 aliphatic rings. The number of nitro benzene ring substituents is 1. The summed E-state index contributed by atoms with van der Waals surface area (Å²) < 4.78 is 9.31. The van der Waals surface area contributed by atoms with E-state index in [-0.39, 0.29) is 17.2 Å². The predicted octanol–water partition coefficient (Wildman–Crippen LogP) is 5.50. The molecule has 2 aromatic heterocycles. The van der Waals surface area contributed by atoms with Crippen molar-refractivity contribution in [2.45, 2.75) is 20.3 Å². The maximum Gasteiger partial charge on any atom is 0.338 e. The Kier molecular flexibility index (Phi) is 7.57. The molecule has 0 unspecified atom stereocenters. The van der Waals surface area contributed by atoms with Gasteiger partial charge < -0.3 is 9.47 Å². The van der Waals surface area contributed by atoms with E-state index >= 15 is 0 Å². The number of fused-ring (bicyclic) bond motifs is 3. The molecule has 2 aromatic carbocycles. The molecule has 0 atom stereocenters. The van der Waals surface area contributed by atoms with Crippen LogP contribution in [0.4, 0.5) is 5.69 Å². The first-order valence-corrected chi connectivity index (χ1v) is 11.7. The number of rotatable bonds is 4. The topological polar surface area (TPSA) is 122 Å². The summed E-state index contributed by atoms with van der Waals surface area (Å²) in [6.45, 7) is 3.88. The minimum absolute atomic E-state index is 0.137. The van der Waals surface area contributed by atoms with Crippen LogP contribution in [0.3, 0.4) is 0 Å². The van der Waals surface area contributed by atoms with Crippen LogP contribution >= 0.6 is 0 Å². The van der Waals surface area contributed by atoms with Gasteiger partial charge in [0.1, 0.15) is 0 Å². The van der Waals surface area contributed by atoms with E-state index < -0.39 is 10.9 Å². The molecule has 0 amide bonds. The Balaban J connectivity index is 0.000000178. The number of methoxy groups -OCH3 is 2. The summed E-state index contributed by atoms with van der Waals surface area (Å²) in [5.74, 6) is -0.894. The van der Waals surface area contributed by atoms with Crippen LogP contribution < -0.4 is 0 Å². The highest BCUT2D eigenvalue weighted by atomic mass is 16.6. The Morgan fingerprint density at radius 3 is 2.05 bits per heavy atom. The number of carbonyl (C=O) groups excluding carboxylic acids is 2. The summed E-state index contributed by atoms with van der Waals surface area (Å²) in [6.07, 6.45) is 7.82. The van der Waals surface area contributed by atoms with Crippen molar-refractivity contribution in [3.8, 4) is 22.3 Å². The van der Waals surface area contributed by atoms with Gasteiger partial charge in [-0.3, -0.25) is 20.1 Å². The van der Waals surface area contributed by atoms with Gasteiger partial charge in [0, 0.05) is 37.3 Å². The molecule has 9 heteroatoms. The Morgan fingerprint density at radius 1 is 0.789 bits per heavy atom. The van der Waals surface area contributed by atoms with Gasteiger partial charge >= 0.3 is 11.9 Å². The third kappa shape index (κ3) is 5.12. The lowest BCUT2D eigenvalue weighted by Crippen LogP contribution is -2.03. The summed E-state index contributed by atoms with van der Waals surface area (Å²) in [6, 6.07) is 11.7. The van der Waals surface area contributed by atoms with E-state index in [0.29, 0.717) is 16.7 Å². The number of hydrogen-bond acceptors (Lipinski definition) is 8. The maximum absolute atomic E-state index is 11.5. The van der Waals surface area contributed by atoms with Gasteiger partial charge in [-0.2, -0.15) is 0 Å². The van der Waals surface area contributed by atoms with Crippen molar-refractivity contribution in [3.63, 3.8) is 0 Å². The Morgan fingerprint density at radius 2 is 1.42 bits per heavy atom. The fourth-order valence-corrected chi connectivity index (χ4v) is 4.51. The van der Waals surface area contributed by atoms with Crippen molar-refractivity contribution in [1.29, 1.82) is 0 Å². The van der Waals surface area contributed by atoms with Crippen LogP contribution in [-0.2, 0) is 15.9 Å².